The maximum absolute atomic E-state index is 11.7. The molecule has 7 heteroatoms. The molecule has 0 aliphatic heterocycles. The van der Waals surface area contributed by atoms with E-state index in [4.69, 9.17) is 5.11 Å². The van der Waals surface area contributed by atoms with Crippen LogP contribution >= 0.6 is 0 Å². The number of sulfonamides is 1. The maximum atomic E-state index is 11.7. The third kappa shape index (κ3) is 3.36. The number of rotatable bonds is 5. The molecule has 2 N–H and O–H groups in total. The summed E-state index contributed by atoms with van der Waals surface area (Å²) in [6.07, 6.45) is 0.587. The van der Waals surface area contributed by atoms with E-state index in [1.807, 2.05) is 4.72 Å². The number of aldehydes is 1. The number of carbonyl (C=O) groups is 2. The average Bonchev–Trinajstić information content (AvgIpc) is 2.28. The van der Waals surface area contributed by atoms with E-state index in [1.165, 1.54) is 31.2 Å². The lowest BCUT2D eigenvalue weighted by Gasteiger charge is -2.09. The number of carboxylic acid groups (broad SMARTS) is 1. The molecule has 0 amide bonds. The van der Waals surface area contributed by atoms with Crippen LogP contribution in [-0.4, -0.2) is 31.8 Å². The Hall–Kier alpha value is -1.73. The molecule has 17 heavy (non-hydrogen) atoms. The van der Waals surface area contributed by atoms with Gasteiger partial charge in [-0.15, -0.1) is 0 Å². The standard InChI is InChI=1S/C10H11NO5S/c1-7(10(13)14)11-17(15,16)9-4-2-8(6-12)3-5-9/h2-7,11H,1H3,(H,13,14)/t7-/m0/s1. The zero-order valence-electron chi connectivity index (χ0n) is 8.95. The van der Waals surface area contributed by atoms with Gasteiger partial charge in [-0.25, -0.2) is 8.42 Å². The van der Waals surface area contributed by atoms with Gasteiger partial charge in [0.1, 0.15) is 12.3 Å². The minimum atomic E-state index is -3.88. The molecule has 0 spiro atoms. The first-order chi connectivity index (χ1) is 7.86. The molecule has 6 nitrogen and oxygen atoms in total. The molecule has 0 bridgehead atoms. The molecular formula is C10H11NO5S. The highest BCUT2D eigenvalue weighted by molar-refractivity contribution is 7.89. The lowest BCUT2D eigenvalue weighted by molar-refractivity contribution is -0.138. The second-order valence-electron chi connectivity index (χ2n) is 3.37. The molecule has 0 aromatic heterocycles. The van der Waals surface area contributed by atoms with Crippen molar-refractivity contribution in [2.45, 2.75) is 17.9 Å². The number of carbonyl (C=O) groups excluding carboxylic acids is 1. The van der Waals surface area contributed by atoms with Gasteiger partial charge in [-0.05, 0) is 19.1 Å². The van der Waals surface area contributed by atoms with Gasteiger partial charge in [-0.1, -0.05) is 12.1 Å². The van der Waals surface area contributed by atoms with Crippen molar-refractivity contribution >= 4 is 22.3 Å². The third-order valence-electron chi connectivity index (χ3n) is 2.03. The Morgan fingerprint density at radius 1 is 1.35 bits per heavy atom. The van der Waals surface area contributed by atoms with E-state index in [1.54, 1.807) is 0 Å². The van der Waals surface area contributed by atoms with Crippen LogP contribution in [0, 0.1) is 0 Å². The van der Waals surface area contributed by atoms with Crippen LogP contribution in [0.3, 0.4) is 0 Å². The van der Waals surface area contributed by atoms with Gasteiger partial charge >= 0.3 is 5.97 Å². The molecule has 0 saturated carbocycles. The Kier molecular flexibility index (Phi) is 3.97. The highest BCUT2D eigenvalue weighted by Gasteiger charge is 2.21. The van der Waals surface area contributed by atoms with Crippen molar-refractivity contribution in [3.63, 3.8) is 0 Å². The van der Waals surface area contributed by atoms with E-state index >= 15 is 0 Å². The van der Waals surface area contributed by atoms with Crippen LogP contribution in [0.4, 0.5) is 0 Å². The number of nitrogens with one attached hydrogen (secondary N) is 1. The SMILES string of the molecule is C[C@H](NS(=O)(=O)c1ccc(C=O)cc1)C(=O)O. The highest BCUT2D eigenvalue weighted by atomic mass is 32.2. The average molecular weight is 257 g/mol. The highest BCUT2D eigenvalue weighted by Crippen LogP contribution is 2.10. The summed E-state index contributed by atoms with van der Waals surface area (Å²) in [5.74, 6) is -1.27. The first-order valence-corrected chi connectivity index (χ1v) is 6.15. The zero-order valence-corrected chi connectivity index (χ0v) is 9.77. The second-order valence-corrected chi connectivity index (χ2v) is 5.08. The Morgan fingerprint density at radius 3 is 2.29 bits per heavy atom. The summed E-state index contributed by atoms with van der Waals surface area (Å²) in [7, 11) is -3.88. The van der Waals surface area contributed by atoms with Crippen molar-refractivity contribution in [3.05, 3.63) is 29.8 Å². The smallest absolute Gasteiger partial charge is 0.321 e. The fraction of sp³-hybridized carbons (Fsp3) is 0.200. The van der Waals surface area contributed by atoms with Gasteiger partial charge < -0.3 is 5.11 Å². The van der Waals surface area contributed by atoms with Crippen LogP contribution in [0.15, 0.2) is 29.2 Å². The molecule has 0 radical (unpaired) electrons. The quantitative estimate of drug-likeness (QED) is 0.736. The summed E-state index contributed by atoms with van der Waals surface area (Å²) < 4.78 is 25.4. The number of hydrogen-bond donors (Lipinski definition) is 2. The van der Waals surface area contributed by atoms with Crippen molar-refractivity contribution in [3.8, 4) is 0 Å². The van der Waals surface area contributed by atoms with Crippen LogP contribution in [0.2, 0.25) is 0 Å². The van der Waals surface area contributed by atoms with E-state index in [2.05, 4.69) is 0 Å². The second kappa shape index (κ2) is 5.07. The normalized spacial score (nSPS) is 13.0. The van der Waals surface area contributed by atoms with Gasteiger partial charge in [0.15, 0.2) is 0 Å². The fourth-order valence-corrected chi connectivity index (χ4v) is 2.27. The van der Waals surface area contributed by atoms with Gasteiger partial charge in [-0.2, -0.15) is 4.72 Å². The van der Waals surface area contributed by atoms with Crippen LogP contribution in [-0.2, 0) is 14.8 Å². The van der Waals surface area contributed by atoms with Gasteiger partial charge in [0.2, 0.25) is 10.0 Å². The van der Waals surface area contributed by atoms with Crippen LogP contribution in [0.1, 0.15) is 17.3 Å². The first kappa shape index (κ1) is 13.3. The van der Waals surface area contributed by atoms with Crippen LogP contribution < -0.4 is 4.72 Å². The Labute approximate surface area is 98.3 Å². The summed E-state index contributed by atoms with van der Waals surface area (Å²) in [6.45, 7) is 1.22. The summed E-state index contributed by atoms with van der Waals surface area (Å²) in [6, 6.07) is 3.94. The van der Waals surface area contributed by atoms with E-state index in [9.17, 15) is 18.0 Å². The summed E-state index contributed by atoms with van der Waals surface area (Å²) >= 11 is 0. The summed E-state index contributed by atoms with van der Waals surface area (Å²) in [5, 5.41) is 8.60. The number of benzene rings is 1. The van der Waals surface area contributed by atoms with E-state index in [-0.39, 0.29) is 4.90 Å². The Morgan fingerprint density at radius 2 is 1.88 bits per heavy atom. The molecule has 1 aromatic rings. The molecule has 1 atom stereocenters. The molecule has 0 aliphatic rings. The minimum absolute atomic E-state index is 0.0869. The molecule has 1 aromatic carbocycles. The minimum Gasteiger partial charge on any atom is -0.480 e. The molecule has 0 heterocycles. The first-order valence-electron chi connectivity index (χ1n) is 4.67. The maximum Gasteiger partial charge on any atom is 0.321 e. The predicted octanol–water partition coefficient (Wildman–Crippen LogP) is 0.250. The summed E-state index contributed by atoms with van der Waals surface area (Å²) in [5.41, 5.74) is 0.343. The topological polar surface area (TPSA) is 101 Å². The van der Waals surface area contributed by atoms with Crippen molar-refractivity contribution in [2.24, 2.45) is 0 Å². The Balaban J connectivity index is 2.97. The van der Waals surface area contributed by atoms with Crippen molar-refractivity contribution in [2.75, 3.05) is 0 Å². The molecule has 1 rings (SSSR count). The van der Waals surface area contributed by atoms with Crippen molar-refractivity contribution in [1.82, 2.24) is 4.72 Å². The number of hydrogen-bond acceptors (Lipinski definition) is 4. The molecule has 92 valence electrons. The third-order valence-corrected chi connectivity index (χ3v) is 3.59. The molecular weight excluding hydrogens is 246 g/mol. The van der Waals surface area contributed by atoms with E-state index < -0.39 is 22.0 Å². The molecule has 0 aliphatic carbocycles. The molecule has 0 fully saturated rings. The van der Waals surface area contributed by atoms with E-state index in [0.29, 0.717) is 11.8 Å². The van der Waals surface area contributed by atoms with Crippen molar-refractivity contribution in [1.29, 1.82) is 0 Å². The summed E-state index contributed by atoms with van der Waals surface area (Å²) in [4.78, 5) is 20.8. The van der Waals surface area contributed by atoms with Gasteiger partial charge in [0.25, 0.3) is 0 Å². The van der Waals surface area contributed by atoms with Crippen LogP contribution in [0.25, 0.3) is 0 Å². The molecule has 0 saturated heterocycles. The van der Waals surface area contributed by atoms with Gasteiger partial charge in [0, 0.05) is 5.56 Å². The predicted molar refractivity (Wildman–Crippen MR) is 59.2 cm³/mol. The van der Waals surface area contributed by atoms with Gasteiger partial charge in [0.05, 0.1) is 4.90 Å². The van der Waals surface area contributed by atoms with Crippen molar-refractivity contribution < 1.29 is 23.1 Å². The largest absolute Gasteiger partial charge is 0.480 e. The lowest BCUT2D eigenvalue weighted by atomic mass is 10.2. The fourth-order valence-electron chi connectivity index (χ4n) is 1.08. The lowest BCUT2D eigenvalue weighted by Crippen LogP contribution is -2.38. The monoisotopic (exact) mass is 257 g/mol. The number of aliphatic carboxylic acids is 1. The van der Waals surface area contributed by atoms with E-state index in [0.717, 1.165) is 0 Å². The number of carboxylic acids is 1. The zero-order chi connectivity index (χ0) is 13.1. The van der Waals surface area contributed by atoms with Gasteiger partial charge in [-0.3, -0.25) is 9.59 Å². The molecule has 0 unspecified atom stereocenters. The Bertz CT molecular complexity index is 520. The van der Waals surface area contributed by atoms with Crippen LogP contribution in [0.5, 0.6) is 0 Å².